The summed E-state index contributed by atoms with van der Waals surface area (Å²) in [5.74, 6) is -0.0470. The number of amides is 1. The maximum atomic E-state index is 11.7. The molecule has 0 rings (SSSR count). The van der Waals surface area contributed by atoms with Crippen LogP contribution in [0.1, 0.15) is 41.5 Å². The van der Waals surface area contributed by atoms with Crippen molar-refractivity contribution in [2.24, 2.45) is 0 Å². The lowest BCUT2D eigenvalue weighted by molar-refractivity contribution is -0.141. The first-order chi connectivity index (χ1) is 6.65. The Hall–Kier alpha value is -0.830. The predicted molar refractivity (Wildman–Crippen MR) is 62.5 cm³/mol. The quantitative estimate of drug-likeness (QED) is 0.530. The summed E-state index contributed by atoms with van der Waals surface area (Å²) in [6, 6.07) is 0.122. The first kappa shape index (κ1) is 14.2. The Morgan fingerprint density at radius 2 is 1.87 bits per heavy atom. The summed E-state index contributed by atoms with van der Waals surface area (Å²) >= 11 is 0. The zero-order chi connectivity index (χ0) is 12.2. The van der Waals surface area contributed by atoms with Gasteiger partial charge in [-0.15, -0.1) is 0 Å². The molecule has 0 spiro atoms. The number of carbonyl (C=O) groups excluding carboxylic acids is 1. The van der Waals surface area contributed by atoms with Crippen LogP contribution in [-0.4, -0.2) is 29.2 Å². The summed E-state index contributed by atoms with van der Waals surface area (Å²) < 4.78 is 5.59. The van der Waals surface area contributed by atoms with Gasteiger partial charge in [0.2, 0.25) is 0 Å². The van der Waals surface area contributed by atoms with Gasteiger partial charge < -0.3 is 9.64 Å². The van der Waals surface area contributed by atoms with Crippen LogP contribution in [0.2, 0.25) is 0 Å². The third-order valence-corrected chi connectivity index (χ3v) is 1.89. The molecule has 0 unspecified atom stereocenters. The molecule has 1 amide bonds. The normalized spacial score (nSPS) is 11.7. The van der Waals surface area contributed by atoms with Gasteiger partial charge in [-0.05, 0) is 41.5 Å². The Labute approximate surface area is 93.1 Å². The van der Waals surface area contributed by atoms with Crippen LogP contribution < -0.4 is 0 Å². The molecule has 0 aromatic rings. The Balaban J connectivity index is 4.43. The van der Waals surface area contributed by atoms with Crippen molar-refractivity contribution in [1.29, 1.82) is 0 Å². The molecule has 3 nitrogen and oxygen atoms in total. The van der Waals surface area contributed by atoms with E-state index in [1.165, 1.54) is 0 Å². The number of carbonyl (C=O) groups is 1. The Kier molecular flexibility index (Phi) is 5.01. The van der Waals surface area contributed by atoms with Crippen LogP contribution >= 0.6 is 0 Å². The van der Waals surface area contributed by atoms with Gasteiger partial charge >= 0.3 is 0 Å². The minimum absolute atomic E-state index is 0.0470. The number of rotatable bonds is 4. The first-order valence-corrected chi connectivity index (χ1v) is 5.25. The van der Waals surface area contributed by atoms with Gasteiger partial charge in [0.05, 0.1) is 5.60 Å². The van der Waals surface area contributed by atoms with Crippen LogP contribution in [0, 0.1) is 0 Å². The maximum absolute atomic E-state index is 11.7. The third kappa shape index (κ3) is 5.57. The second-order valence-electron chi connectivity index (χ2n) is 5.03. The topological polar surface area (TPSA) is 29.5 Å². The molecule has 88 valence electrons. The summed E-state index contributed by atoms with van der Waals surface area (Å²) in [7, 11) is 0. The molecule has 0 aromatic heterocycles. The molecule has 0 N–H and O–H groups in total. The first-order valence-electron chi connectivity index (χ1n) is 5.25. The van der Waals surface area contributed by atoms with Gasteiger partial charge in [0, 0.05) is 11.6 Å². The van der Waals surface area contributed by atoms with E-state index in [1.54, 1.807) is 11.8 Å². The molecule has 0 aliphatic heterocycles. The van der Waals surface area contributed by atoms with Crippen LogP contribution in [0.25, 0.3) is 0 Å². The molecule has 3 heteroatoms. The predicted octanol–water partition coefficient (Wildman–Crippen LogP) is 2.57. The van der Waals surface area contributed by atoms with Crippen molar-refractivity contribution in [1.82, 2.24) is 4.90 Å². The van der Waals surface area contributed by atoms with Gasteiger partial charge in [-0.3, -0.25) is 4.79 Å². The standard InChI is InChI=1S/C12H23NO2/c1-9(2)11(14)13(10(3)4)8-15-12(5,6)7/h10H,1,8H2,2-7H3. The molecule has 0 aliphatic rings. The minimum atomic E-state index is -0.234. The SMILES string of the molecule is C=C(C)C(=O)N(COC(C)(C)C)C(C)C. The highest BCUT2D eigenvalue weighted by atomic mass is 16.5. The smallest absolute Gasteiger partial charge is 0.250 e. The van der Waals surface area contributed by atoms with Crippen molar-refractivity contribution in [3.8, 4) is 0 Å². The number of nitrogens with zero attached hydrogens (tertiary/aromatic N) is 1. The van der Waals surface area contributed by atoms with E-state index < -0.39 is 0 Å². The zero-order valence-electron chi connectivity index (χ0n) is 10.8. The van der Waals surface area contributed by atoms with E-state index in [0.717, 1.165) is 0 Å². The second kappa shape index (κ2) is 5.31. The maximum Gasteiger partial charge on any atom is 0.250 e. The van der Waals surface area contributed by atoms with Crippen molar-refractivity contribution < 1.29 is 9.53 Å². The van der Waals surface area contributed by atoms with Crippen LogP contribution in [0.3, 0.4) is 0 Å². The molecular formula is C12H23NO2. The van der Waals surface area contributed by atoms with Crippen molar-refractivity contribution in [3.63, 3.8) is 0 Å². The van der Waals surface area contributed by atoms with Crippen LogP contribution in [0.15, 0.2) is 12.2 Å². The van der Waals surface area contributed by atoms with Crippen molar-refractivity contribution in [2.45, 2.75) is 53.2 Å². The molecule has 0 saturated carbocycles. The van der Waals surface area contributed by atoms with E-state index in [9.17, 15) is 4.79 Å². The molecule has 15 heavy (non-hydrogen) atoms. The molecule has 0 heterocycles. The van der Waals surface area contributed by atoms with E-state index in [-0.39, 0.29) is 17.6 Å². The van der Waals surface area contributed by atoms with Gasteiger partial charge in [0.25, 0.3) is 5.91 Å². The fraction of sp³-hybridized carbons (Fsp3) is 0.750. The summed E-state index contributed by atoms with van der Waals surface area (Å²) in [5, 5.41) is 0. The van der Waals surface area contributed by atoms with E-state index >= 15 is 0 Å². The van der Waals surface area contributed by atoms with Crippen LogP contribution in [-0.2, 0) is 9.53 Å². The molecule has 0 atom stereocenters. The summed E-state index contributed by atoms with van der Waals surface area (Å²) in [6.07, 6.45) is 0. The number of hydrogen-bond donors (Lipinski definition) is 0. The molecule has 0 aromatic carbocycles. The monoisotopic (exact) mass is 213 g/mol. The Bertz CT molecular complexity index is 238. The summed E-state index contributed by atoms with van der Waals surface area (Å²) in [6.45, 7) is 15.5. The highest BCUT2D eigenvalue weighted by Gasteiger charge is 2.20. The Morgan fingerprint density at radius 1 is 1.40 bits per heavy atom. The van der Waals surface area contributed by atoms with E-state index in [0.29, 0.717) is 12.3 Å². The van der Waals surface area contributed by atoms with Crippen LogP contribution in [0.4, 0.5) is 0 Å². The van der Waals surface area contributed by atoms with Gasteiger partial charge in [-0.25, -0.2) is 0 Å². The number of hydrogen-bond acceptors (Lipinski definition) is 2. The average molecular weight is 213 g/mol. The highest BCUT2D eigenvalue weighted by molar-refractivity contribution is 5.92. The zero-order valence-corrected chi connectivity index (χ0v) is 10.8. The molecule has 0 saturated heterocycles. The minimum Gasteiger partial charge on any atom is -0.355 e. The van der Waals surface area contributed by atoms with Gasteiger partial charge in [-0.2, -0.15) is 0 Å². The molecule has 0 aliphatic carbocycles. The lowest BCUT2D eigenvalue weighted by atomic mass is 10.2. The molecule has 0 fully saturated rings. The largest absolute Gasteiger partial charge is 0.355 e. The van der Waals surface area contributed by atoms with Crippen molar-refractivity contribution in [2.75, 3.05) is 6.73 Å². The van der Waals surface area contributed by atoms with Crippen LogP contribution in [0.5, 0.6) is 0 Å². The number of ether oxygens (including phenoxy) is 1. The lowest BCUT2D eigenvalue weighted by Gasteiger charge is -2.30. The van der Waals surface area contributed by atoms with Gasteiger partial charge in [0.1, 0.15) is 6.73 Å². The van der Waals surface area contributed by atoms with E-state index in [2.05, 4.69) is 6.58 Å². The molecule has 0 bridgehead atoms. The van der Waals surface area contributed by atoms with E-state index in [1.807, 2.05) is 34.6 Å². The van der Waals surface area contributed by atoms with Crippen molar-refractivity contribution >= 4 is 5.91 Å². The molecule has 0 radical (unpaired) electrons. The fourth-order valence-corrected chi connectivity index (χ4v) is 0.951. The van der Waals surface area contributed by atoms with Gasteiger partial charge in [-0.1, -0.05) is 6.58 Å². The van der Waals surface area contributed by atoms with Gasteiger partial charge in [0.15, 0.2) is 0 Å². The molecular weight excluding hydrogens is 190 g/mol. The third-order valence-electron chi connectivity index (χ3n) is 1.89. The summed E-state index contributed by atoms with van der Waals surface area (Å²) in [5.41, 5.74) is 0.309. The Morgan fingerprint density at radius 3 is 2.13 bits per heavy atom. The highest BCUT2D eigenvalue weighted by Crippen LogP contribution is 2.11. The fourth-order valence-electron chi connectivity index (χ4n) is 0.951. The lowest BCUT2D eigenvalue weighted by Crippen LogP contribution is -2.41. The van der Waals surface area contributed by atoms with Crippen molar-refractivity contribution in [3.05, 3.63) is 12.2 Å². The second-order valence-corrected chi connectivity index (χ2v) is 5.03. The summed E-state index contributed by atoms with van der Waals surface area (Å²) in [4.78, 5) is 13.4. The van der Waals surface area contributed by atoms with E-state index in [4.69, 9.17) is 4.74 Å². The average Bonchev–Trinajstić information content (AvgIpc) is 2.01.